The molecular weight excluding hydrogens is 209 g/mol. The maximum Gasteiger partial charge on any atom is 0.150 e. The Morgan fingerprint density at radius 3 is 2.69 bits per heavy atom. The molecule has 0 amide bonds. The first-order valence-corrected chi connectivity index (χ1v) is 4.24. The van der Waals surface area contributed by atoms with Crippen LogP contribution in [0.4, 0.5) is 0 Å². The number of carbonyl (C=O) groups is 1. The molecule has 0 saturated heterocycles. The summed E-state index contributed by atoms with van der Waals surface area (Å²) in [6.07, 6.45) is 0.823. The lowest BCUT2D eigenvalue weighted by molar-refractivity contribution is 0.112. The van der Waals surface area contributed by atoms with Crippen molar-refractivity contribution in [3.05, 3.63) is 33.3 Å². The van der Waals surface area contributed by atoms with Gasteiger partial charge in [0.2, 0.25) is 0 Å². The zero-order valence-corrected chi connectivity index (χ0v) is 8.06. The molecule has 0 N–H and O–H groups in total. The average molecular weight is 214 g/mol. The van der Waals surface area contributed by atoms with Crippen LogP contribution in [0, 0.1) is 11.3 Å². The summed E-state index contributed by atoms with van der Waals surface area (Å²) in [5.41, 5.74) is 1.01. The lowest BCUT2D eigenvalue weighted by Crippen LogP contribution is -1.89. The monoisotopic (exact) mass is 213 g/mol. The summed E-state index contributed by atoms with van der Waals surface area (Å²) in [5, 5.41) is 9.10. The highest BCUT2D eigenvalue weighted by Gasteiger charge is 2.06. The van der Waals surface area contributed by atoms with Gasteiger partial charge in [-0.25, -0.2) is 0 Å². The largest absolute Gasteiger partial charge is 0.298 e. The van der Waals surface area contributed by atoms with Gasteiger partial charge < -0.3 is 0 Å². The summed E-state index contributed by atoms with van der Waals surface area (Å²) < 4.78 is 0. The van der Waals surface area contributed by atoms with Crippen LogP contribution in [0.1, 0.15) is 15.9 Å². The van der Waals surface area contributed by atoms with Gasteiger partial charge in [0.25, 0.3) is 0 Å². The van der Waals surface area contributed by atoms with E-state index in [9.17, 15) is 4.79 Å². The molecule has 0 aliphatic heterocycles. The number of rotatable bonds is 2. The highest BCUT2D eigenvalue weighted by molar-refractivity contribution is 6.42. The number of hydrogen-bond donors (Lipinski definition) is 0. The first-order valence-electron chi connectivity index (χ1n) is 3.49. The molecule has 0 spiro atoms. The second-order valence-corrected chi connectivity index (χ2v) is 3.21. The van der Waals surface area contributed by atoms with Crippen molar-refractivity contribution in [2.75, 3.05) is 0 Å². The number of aldehydes is 1. The summed E-state index contributed by atoms with van der Waals surface area (Å²) in [7, 11) is 0. The van der Waals surface area contributed by atoms with Gasteiger partial charge in [-0.05, 0) is 17.7 Å². The lowest BCUT2D eigenvalue weighted by Gasteiger charge is -2.02. The third-order valence-electron chi connectivity index (χ3n) is 1.53. The van der Waals surface area contributed by atoms with Crippen molar-refractivity contribution in [2.45, 2.75) is 6.42 Å². The van der Waals surface area contributed by atoms with Crippen molar-refractivity contribution in [1.82, 2.24) is 0 Å². The van der Waals surface area contributed by atoms with Crippen LogP contribution < -0.4 is 0 Å². The van der Waals surface area contributed by atoms with E-state index < -0.39 is 0 Å². The fourth-order valence-corrected chi connectivity index (χ4v) is 1.37. The quantitative estimate of drug-likeness (QED) is 0.710. The third-order valence-corrected chi connectivity index (χ3v) is 2.37. The van der Waals surface area contributed by atoms with Crippen LogP contribution in [0.15, 0.2) is 12.1 Å². The summed E-state index contributed by atoms with van der Waals surface area (Å²) in [4.78, 5) is 10.4. The van der Waals surface area contributed by atoms with E-state index in [0.29, 0.717) is 27.5 Å². The van der Waals surface area contributed by atoms with E-state index >= 15 is 0 Å². The number of benzene rings is 1. The summed E-state index contributed by atoms with van der Waals surface area (Å²) in [6, 6.07) is 4.97. The molecule has 0 atom stereocenters. The van der Waals surface area contributed by atoms with Crippen molar-refractivity contribution >= 4 is 29.5 Å². The van der Waals surface area contributed by atoms with Crippen LogP contribution in [0.2, 0.25) is 10.0 Å². The Hall–Kier alpha value is -1.04. The predicted octanol–water partition coefficient (Wildman–Crippen LogP) is 2.87. The summed E-state index contributed by atoms with van der Waals surface area (Å²) >= 11 is 11.5. The number of nitriles is 1. The van der Waals surface area contributed by atoms with Gasteiger partial charge in [-0.1, -0.05) is 23.2 Å². The van der Waals surface area contributed by atoms with Gasteiger partial charge in [-0.2, -0.15) is 5.26 Å². The fraction of sp³-hybridized carbons (Fsp3) is 0.111. The Balaban J connectivity index is 3.25. The zero-order chi connectivity index (χ0) is 9.84. The molecule has 2 nitrogen and oxygen atoms in total. The second kappa shape index (κ2) is 4.27. The minimum atomic E-state index is 0.153. The van der Waals surface area contributed by atoms with Crippen molar-refractivity contribution in [3.63, 3.8) is 0 Å². The van der Waals surface area contributed by atoms with Crippen molar-refractivity contribution in [2.24, 2.45) is 0 Å². The molecule has 0 bridgehead atoms. The maximum atomic E-state index is 10.4. The van der Waals surface area contributed by atoms with Gasteiger partial charge >= 0.3 is 0 Å². The van der Waals surface area contributed by atoms with E-state index in [1.165, 1.54) is 6.07 Å². The molecule has 0 aliphatic rings. The average Bonchev–Trinajstić information content (AvgIpc) is 2.13. The molecule has 0 aliphatic carbocycles. The van der Waals surface area contributed by atoms with E-state index in [1.54, 1.807) is 6.07 Å². The fourth-order valence-electron chi connectivity index (χ4n) is 0.951. The zero-order valence-electron chi connectivity index (χ0n) is 6.55. The van der Waals surface area contributed by atoms with Crippen LogP contribution in [0.3, 0.4) is 0 Å². The molecule has 1 aromatic rings. The van der Waals surface area contributed by atoms with Crippen LogP contribution in [0.5, 0.6) is 0 Å². The molecular formula is C9H5Cl2NO. The predicted molar refractivity (Wildman–Crippen MR) is 51.2 cm³/mol. The smallest absolute Gasteiger partial charge is 0.150 e. The van der Waals surface area contributed by atoms with Crippen molar-refractivity contribution in [1.29, 1.82) is 5.26 Å². The van der Waals surface area contributed by atoms with Gasteiger partial charge in [-0.15, -0.1) is 0 Å². The van der Waals surface area contributed by atoms with Gasteiger partial charge in [0.1, 0.15) is 6.29 Å². The Labute approximate surface area is 85.7 Å². The minimum absolute atomic E-state index is 0.153. The maximum absolute atomic E-state index is 10.4. The molecule has 0 aromatic heterocycles. The normalized spacial score (nSPS) is 9.31. The minimum Gasteiger partial charge on any atom is -0.298 e. The Bertz CT molecular complexity index is 382. The molecule has 0 heterocycles. The molecule has 66 valence electrons. The van der Waals surface area contributed by atoms with E-state index in [-0.39, 0.29) is 6.42 Å². The molecule has 0 saturated carbocycles. The number of hydrogen-bond acceptors (Lipinski definition) is 2. The van der Waals surface area contributed by atoms with Crippen LogP contribution in [-0.4, -0.2) is 6.29 Å². The van der Waals surface area contributed by atoms with E-state index in [1.807, 2.05) is 6.07 Å². The number of halogens is 2. The topological polar surface area (TPSA) is 40.9 Å². The van der Waals surface area contributed by atoms with Gasteiger partial charge in [-0.3, -0.25) is 4.79 Å². The van der Waals surface area contributed by atoms with E-state index in [0.717, 1.165) is 0 Å². The van der Waals surface area contributed by atoms with Crippen LogP contribution in [0.25, 0.3) is 0 Å². The SMILES string of the molecule is N#CCc1cc(C=O)cc(Cl)c1Cl. The molecule has 0 unspecified atom stereocenters. The van der Waals surface area contributed by atoms with Crippen molar-refractivity contribution < 1.29 is 4.79 Å². The van der Waals surface area contributed by atoms with Crippen LogP contribution in [-0.2, 0) is 6.42 Å². The Morgan fingerprint density at radius 1 is 1.46 bits per heavy atom. The van der Waals surface area contributed by atoms with Gasteiger partial charge in [0.05, 0.1) is 22.5 Å². The Kier molecular flexibility index (Phi) is 3.30. The molecule has 1 aromatic carbocycles. The van der Waals surface area contributed by atoms with Crippen molar-refractivity contribution in [3.8, 4) is 6.07 Å². The van der Waals surface area contributed by atoms with E-state index in [2.05, 4.69) is 0 Å². The molecule has 1 rings (SSSR count). The highest BCUT2D eigenvalue weighted by atomic mass is 35.5. The molecule has 0 radical (unpaired) electrons. The first-order chi connectivity index (χ1) is 6.19. The molecule has 4 heteroatoms. The molecule has 13 heavy (non-hydrogen) atoms. The highest BCUT2D eigenvalue weighted by Crippen LogP contribution is 2.27. The number of nitrogens with zero attached hydrogens (tertiary/aromatic N) is 1. The molecule has 0 fully saturated rings. The standard InChI is InChI=1S/C9H5Cl2NO/c10-8-4-6(5-13)3-7(1-2-12)9(8)11/h3-5H,1H2. The van der Waals surface area contributed by atoms with E-state index in [4.69, 9.17) is 28.5 Å². The third kappa shape index (κ3) is 2.21. The van der Waals surface area contributed by atoms with Crippen LogP contribution >= 0.6 is 23.2 Å². The number of carbonyl (C=O) groups excluding carboxylic acids is 1. The first kappa shape index (κ1) is 10.0. The lowest BCUT2D eigenvalue weighted by atomic mass is 10.1. The van der Waals surface area contributed by atoms with Gasteiger partial charge in [0.15, 0.2) is 0 Å². The second-order valence-electron chi connectivity index (χ2n) is 2.43. The Morgan fingerprint density at radius 2 is 2.15 bits per heavy atom. The summed E-state index contributed by atoms with van der Waals surface area (Å²) in [5.74, 6) is 0. The summed E-state index contributed by atoms with van der Waals surface area (Å²) in [6.45, 7) is 0. The van der Waals surface area contributed by atoms with Gasteiger partial charge in [0, 0.05) is 5.56 Å².